The summed E-state index contributed by atoms with van der Waals surface area (Å²) in [4.78, 5) is 10.2. The van der Waals surface area contributed by atoms with Crippen LogP contribution in [0.2, 0.25) is 10.0 Å². The van der Waals surface area contributed by atoms with E-state index in [9.17, 15) is 10.1 Å². The van der Waals surface area contributed by atoms with Crippen LogP contribution in [0.5, 0.6) is 0 Å². The van der Waals surface area contributed by atoms with Gasteiger partial charge in [-0.3, -0.25) is 10.1 Å². The van der Waals surface area contributed by atoms with E-state index in [4.69, 9.17) is 28.9 Å². The van der Waals surface area contributed by atoms with Gasteiger partial charge in [0.25, 0.3) is 5.69 Å². The predicted molar refractivity (Wildman–Crippen MR) is 81.6 cm³/mol. The van der Waals surface area contributed by atoms with Crippen molar-refractivity contribution in [1.82, 2.24) is 0 Å². The molecule has 5 nitrogen and oxygen atoms in total. The van der Waals surface area contributed by atoms with Gasteiger partial charge in [0.05, 0.1) is 20.7 Å². The number of nitrogens with zero attached hydrogens (tertiary/aromatic N) is 1. The van der Waals surface area contributed by atoms with Crippen LogP contribution < -0.4 is 11.1 Å². The van der Waals surface area contributed by atoms with Crippen molar-refractivity contribution in [3.05, 3.63) is 32.3 Å². The summed E-state index contributed by atoms with van der Waals surface area (Å²) in [6, 6.07) is 2.74. The molecule has 2 unspecified atom stereocenters. The molecule has 1 aliphatic rings. The largest absolute Gasteiger partial charge is 0.378 e. The van der Waals surface area contributed by atoms with Crippen molar-refractivity contribution in [1.29, 1.82) is 0 Å². The van der Waals surface area contributed by atoms with Gasteiger partial charge in [-0.2, -0.15) is 0 Å². The molecule has 0 heterocycles. The van der Waals surface area contributed by atoms with Crippen LogP contribution in [0.3, 0.4) is 0 Å². The molecule has 0 amide bonds. The van der Waals surface area contributed by atoms with Gasteiger partial charge in [0.1, 0.15) is 0 Å². The Labute approximate surface area is 127 Å². The van der Waals surface area contributed by atoms with Gasteiger partial charge in [-0.25, -0.2) is 0 Å². The molecule has 1 saturated carbocycles. The van der Waals surface area contributed by atoms with Crippen molar-refractivity contribution in [3.8, 4) is 0 Å². The van der Waals surface area contributed by atoms with Crippen molar-refractivity contribution in [2.24, 2.45) is 5.73 Å². The van der Waals surface area contributed by atoms with Gasteiger partial charge in [0.15, 0.2) is 0 Å². The highest BCUT2D eigenvalue weighted by molar-refractivity contribution is 6.39. The van der Waals surface area contributed by atoms with Crippen LogP contribution >= 0.6 is 23.2 Å². The normalized spacial score (nSPS) is 23.1. The number of nitro groups is 1. The quantitative estimate of drug-likeness (QED) is 0.502. The first kappa shape index (κ1) is 15.4. The highest BCUT2D eigenvalue weighted by Crippen LogP contribution is 2.36. The van der Waals surface area contributed by atoms with Gasteiger partial charge in [-0.15, -0.1) is 0 Å². The fraction of sp³-hybridized carbons (Fsp3) is 0.538. The topological polar surface area (TPSA) is 81.2 Å². The highest BCUT2D eigenvalue weighted by Gasteiger charge is 2.23. The highest BCUT2D eigenvalue weighted by atomic mass is 35.5. The monoisotopic (exact) mass is 317 g/mol. The smallest absolute Gasteiger partial charge is 0.272 e. The first-order chi connectivity index (χ1) is 9.49. The molecule has 0 aromatic heterocycles. The average Bonchev–Trinajstić information content (AvgIpc) is 2.58. The lowest BCUT2D eigenvalue weighted by Crippen LogP contribution is -2.39. The minimum absolute atomic E-state index is 0.0415. The van der Waals surface area contributed by atoms with Crippen molar-refractivity contribution in [3.63, 3.8) is 0 Å². The lowest BCUT2D eigenvalue weighted by atomic mass is 10.0. The molecule has 2 atom stereocenters. The third kappa shape index (κ3) is 3.53. The number of halogens is 2. The zero-order chi connectivity index (χ0) is 14.7. The number of nitrogens with two attached hydrogens (primary N) is 1. The molecule has 2 rings (SSSR count). The zero-order valence-corrected chi connectivity index (χ0v) is 12.5. The maximum atomic E-state index is 10.8. The molecule has 1 aromatic rings. The SMILES string of the molecule is NC1CCCCCC1Nc1c(Cl)cc([N+](=O)[O-])cc1Cl. The van der Waals surface area contributed by atoms with E-state index in [2.05, 4.69) is 5.32 Å². The minimum Gasteiger partial charge on any atom is -0.378 e. The third-order valence-corrected chi connectivity index (χ3v) is 4.23. The van der Waals surface area contributed by atoms with E-state index < -0.39 is 4.92 Å². The number of rotatable bonds is 3. The van der Waals surface area contributed by atoms with Crippen LogP contribution in [0.4, 0.5) is 11.4 Å². The Balaban J connectivity index is 2.22. The standard InChI is InChI=1S/C13H17Cl2N3O2/c14-9-6-8(18(19)20)7-10(15)13(9)17-12-5-3-1-2-4-11(12)16/h6-7,11-12,17H,1-5,16H2. The maximum absolute atomic E-state index is 10.8. The van der Waals surface area contributed by atoms with E-state index in [0.29, 0.717) is 5.69 Å². The van der Waals surface area contributed by atoms with E-state index in [0.717, 1.165) is 25.7 Å². The van der Waals surface area contributed by atoms with Gasteiger partial charge in [-0.05, 0) is 12.8 Å². The second-order valence-electron chi connectivity index (χ2n) is 5.09. The molecule has 0 radical (unpaired) electrons. The van der Waals surface area contributed by atoms with Crippen molar-refractivity contribution >= 4 is 34.6 Å². The first-order valence-electron chi connectivity index (χ1n) is 6.64. The first-order valence-corrected chi connectivity index (χ1v) is 7.40. The second-order valence-corrected chi connectivity index (χ2v) is 5.91. The van der Waals surface area contributed by atoms with E-state index in [-0.39, 0.29) is 27.8 Å². The van der Waals surface area contributed by atoms with Crippen LogP contribution in [0.1, 0.15) is 32.1 Å². The van der Waals surface area contributed by atoms with E-state index >= 15 is 0 Å². The van der Waals surface area contributed by atoms with Crippen molar-refractivity contribution < 1.29 is 4.92 Å². The van der Waals surface area contributed by atoms with Gasteiger partial charge in [0.2, 0.25) is 0 Å². The molecule has 0 spiro atoms. The van der Waals surface area contributed by atoms with E-state index in [1.165, 1.54) is 18.6 Å². The molecule has 20 heavy (non-hydrogen) atoms. The fourth-order valence-corrected chi connectivity index (χ4v) is 3.09. The predicted octanol–water partition coefficient (Wildman–Crippen LogP) is 3.97. The summed E-state index contributed by atoms with van der Waals surface area (Å²) in [6.45, 7) is 0. The number of nitrogens with one attached hydrogen (secondary N) is 1. The molecule has 1 fully saturated rings. The van der Waals surface area contributed by atoms with E-state index in [1.54, 1.807) is 0 Å². The van der Waals surface area contributed by atoms with Crippen LogP contribution in [0.15, 0.2) is 12.1 Å². The van der Waals surface area contributed by atoms with E-state index in [1.807, 2.05) is 0 Å². The molecule has 7 heteroatoms. The molecular weight excluding hydrogens is 301 g/mol. The zero-order valence-electron chi connectivity index (χ0n) is 10.9. The summed E-state index contributed by atoms with van der Waals surface area (Å²) in [7, 11) is 0. The molecule has 0 saturated heterocycles. The fourth-order valence-electron chi connectivity index (χ4n) is 2.50. The molecular formula is C13H17Cl2N3O2. The number of hydrogen-bond acceptors (Lipinski definition) is 4. The van der Waals surface area contributed by atoms with Crippen LogP contribution in [-0.4, -0.2) is 17.0 Å². The molecule has 1 aromatic carbocycles. The van der Waals surface area contributed by atoms with Gasteiger partial charge in [-0.1, -0.05) is 42.5 Å². The van der Waals surface area contributed by atoms with Crippen LogP contribution in [-0.2, 0) is 0 Å². The Morgan fingerprint density at radius 1 is 1.20 bits per heavy atom. The Hall–Kier alpha value is -1.04. The van der Waals surface area contributed by atoms with Gasteiger partial charge in [0, 0.05) is 24.2 Å². The Morgan fingerprint density at radius 3 is 2.40 bits per heavy atom. The molecule has 110 valence electrons. The Kier molecular flexibility index (Phi) is 5.07. The summed E-state index contributed by atoms with van der Waals surface area (Å²) in [5, 5.41) is 14.5. The van der Waals surface area contributed by atoms with Crippen molar-refractivity contribution in [2.45, 2.75) is 44.2 Å². The summed E-state index contributed by atoms with van der Waals surface area (Å²) >= 11 is 12.2. The average molecular weight is 318 g/mol. The van der Waals surface area contributed by atoms with Gasteiger partial charge >= 0.3 is 0 Å². The summed E-state index contributed by atoms with van der Waals surface area (Å²) in [5.41, 5.74) is 6.56. The van der Waals surface area contributed by atoms with Crippen LogP contribution in [0.25, 0.3) is 0 Å². The number of non-ortho nitro benzene ring substituents is 1. The second kappa shape index (κ2) is 6.61. The number of nitro benzene ring substituents is 1. The lowest BCUT2D eigenvalue weighted by Gasteiger charge is -2.25. The Morgan fingerprint density at radius 2 is 1.80 bits per heavy atom. The molecule has 0 bridgehead atoms. The maximum Gasteiger partial charge on any atom is 0.272 e. The summed E-state index contributed by atoms with van der Waals surface area (Å²) in [5.74, 6) is 0. The number of benzene rings is 1. The molecule has 3 N–H and O–H groups in total. The van der Waals surface area contributed by atoms with Crippen molar-refractivity contribution in [2.75, 3.05) is 5.32 Å². The Bertz CT molecular complexity index is 487. The summed E-state index contributed by atoms with van der Waals surface area (Å²) in [6.07, 6.45) is 5.31. The number of hydrogen-bond donors (Lipinski definition) is 2. The third-order valence-electron chi connectivity index (χ3n) is 3.64. The molecule has 0 aliphatic heterocycles. The lowest BCUT2D eigenvalue weighted by molar-refractivity contribution is -0.384. The van der Waals surface area contributed by atoms with Crippen LogP contribution in [0, 0.1) is 10.1 Å². The minimum atomic E-state index is -0.515. The number of anilines is 1. The summed E-state index contributed by atoms with van der Waals surface area (Å²) < 4.78 is 0. The van der Waals surface area contributed by atoms with Gasteiger partial charge < -0.3 is 11.1 Å². The molecule has 1 aliphatic carbocycles.